The lowest BCUT2D eigenvalue weighted by Gasteiger charge is -2.36. The molecule has 8 nitrogen and oxygen atoms in total. The first-order chi connectivity index (χ1) is 13.3. The van der Waals surface area contributed by atoms with Gasteiger partial charge in [0.1, 0.15) is 11.6 Å². The molecule has 0 aromatic rings. The molecule has 158 valence electrons. The molecule has 3 fully saturated rings. The number of nitrogens with zero attached hydrogens (tertiary/aromatic N) is 1. The maximum atomic E-state index is 13.5. The Morgan fingerprint density at radius 2 is 2.04 bits per heavy atom. The molecule has 1 spiro atoms. The van der Waals surface area contributed by atoms with Gasteiger partial charge in [-0.1, -0.05) is 13.8 Å². The number of aliphatic hydroxyl groups is 1. The van der Waals surface area contributed by atoms with E-state index in [2.05, 4.69) is 10.6 Å². The molecular formula is C20H33N3O5. The van der Waals surface area contributed by atoms with Crippen LogP contribution in [-0.4, -0.2) is 70.7 Å². The Bertz CT molecular complexity index is 635. The smallest absolute Gasteiger partial charge is 0.246 e. The van der Waals surface area contributed by atoms with Gasteiger partial charge >= 0.3 is 0 Å². The van der Waals surface area contributed by atoms with Gasteiger partial charge in [-0.05, 0) is 39.5 Å². The summed E-state index contributed by atoms with van der Waals surface area (Å²) >= 11 is 0. The van der Waals surface area contributed by atoms with Crippen molar-refractivity contribution < 1.29 is 24.2 Å². The third-order valence-corrected chi connectivity index (χ3v) is 6.34. The number of amides is 3. The first-order valence-electron chi connectivity index (χ1n) is 10.5. The van der Waals surface area contributed by atoms with E-state index in [4.69, 9.17) is 4.74 Å². The third-order valence-electron chi connectivity index (χ3n) is 6.34. The summed E-state index contributed by atoms with van der Waals surface area (Å²) in [5, 5.41) is 15.7. The molecule has 8 heteroatoms. The lowest BCUT2D eigenvalue weighted by molar-refractivity contribution is -0.145. The minimum Gasteiger partial charge on any atom is -0.394 e. The van der Waals surface area contributed by atoms with E-state index in [0.717, 1.165) is 6.42 Å². The molecule has 3 heterocycles. The Morgan fingerprint density at radius 1 is 1.32 bits per heavy atom. The van der Waals surface area contributed by atoms with Crippen molar-refractivity contribution >= 4 is 17.7 Å². The Balaban J connectivity index is 2.00. The van der Waals surface area contributed by atoms with Crippen molar-refractivity contribution in [2.24, 2.45) is 11.8 Å². The predicted molar refractivity (Wildman–Crippen MR) is 102 cm³/mol. The summed E-state index contributed by atoms with van der Waals surface area (Å²) in [5.74, 6) is -1.94. The molecule has 3 amide bonds. The summed E-state index contributed by atoms with van der Waals surface area (Å²) in [6.07, 6.45) is 2.22. The molecule has 2 bridgehead atoms. The van der Waals surface area contributed by atoms with Crippen LogP contribution in [0.1, 0.15) is 53.4 Å². The Morgan fingerprint density at radius 3 is 2.61 bits per heavy atom. The van der Waals surface area contributed by atoms with Crippen LogP contribution in [0.25, 0.3) is 0 Å². The second kappa shape index (κ2) is 7.99. The van der Waals surface area contributed by atoms with Crippen LogP contribution in [-0.2, 0) is 19.1 Å². The van der Waals surface area contributed by atoms with Crippen LogP contribution in [0, 0.1) is 11.8 Å². The maximum absolute atomic E-state index is 13.5. The van der Waals surface area contributed by atoms with Gasteiger partial charge in [0.25, 0.3) is 0 Å². The van der Waals surface area contributed by atoms with E-state index in [1.807, 2.05) is 27.7 Å². The topological polar surface area (TPSA) is 108 Å². The lowest BCUT2D eigenvalue weighted by Crippen LogP contribution is -2.58. The molecule has 0 saturated carbocycles. The van der Waals surface area contributed by atoms with Crippen LogP contribution in [0.5, 0.6) is 0 Å². The van der Waals surface area contributed by atoms with Crippen molar-refractivity contribution in [2.75, 3.05) is 13.2 Å². The fraction of sp³-hybridized carbons (Fsp3) is 0.850. The number of aliphatic hydroxyl groups excluding tert-OH is 1. The van der Waals surface area contributed by atoms with Gasteiger partial charge in [0, 0.05) is 12.6 Å². The largest absolute Gasteiger partial charge is 0.394 e. The molecule has 0 aliphatic carbocycles. The van der Waals surface area contributed by atoms with Gasteiger partial charge in [-0.2, -0.15) is 0 Å². The average Bonchev–Trinajstić information content (AvgIpc) is 3.28. The minimum absolute atomic E-state index is 0.0867. The van der Waals surface area contributed by atoms with Crippen molar-refractivity contribution in [1.29, 1.82) is 0 Å². The highest BCUT2D eigenvalue weighted by atomic mass is 16.5. The van der Waals surface area contributed by atoms with Crippen molar-refractivity contribution in [2.45, 2.75) is 83.2 Å². The van der Waals surface area contributed by atoms with E-state index in [1.165, 1.54) is 4.90 Å². The van der Waals surface area contributed by atoms with E-state index < -0.39 is 29.5 Å². The fourth-order valence-electron chi connectivity index (χ4n) is 5.23. The van der Waals surface area contributed by atoms with Gasteiger partial charge in [-0.15, -0.1) is 0 Å². The molecule has 0 aromatic heterocycles. The van der Waals surface area contributed by atoms with Crippen molar-refractivity contribution in [3.63, 3.8) is 0 Å². The third kappa shape index (κ3) is 3.10. The molecular weight excluding hydrogens is 362 g/mol. The number of fused-ring (bicyclic) bond motifs is 1. The highest BCUT2D eigenvalue weighted by Crippen LogP contribution is 2.58. The first kappa shape index (κ1) is 21.0. The van der Waals surface area contributed by atoms with E-state index in [0.29, 0.717) is 25.8 Å². The number of carbonyl (C=O) groups excluding carboxylic acids is 3. The quantitative estimate of drug-likeness (QED) is 0.544. The van der Waals surface area contributed by atoms with Gasteiger partial charge in [0.15, 0.2) is 0 Å². The van der Waals surface area contributed by atoms with Gasteiger partial charge in [0.05, 0.1) is 30.6 Å². The Labute approximate surface area is 166 Å². The monoisotopic (exact) mass is 395 g/mol. The second-order valence-electron chi connectivity index (χ2n) is 8.50. The van der Waals surface area contributed by atoms with Gasteiger partial charge in [-0.3, -0.25) is 14.4 Å². The van der Waals surface area contributed by atoms with E-state index in [9.17, 15) is 19.5 Å². The van der Waals surface area contributed by atoms with E-state index in [-0.39, 0.29) is 36.5 Å². The zero-order valence-corrected chi connectivity index (χ0v) is 17.2. The Kier molecular flexibility index (Phi) is 6.00. The minimum atomic E-state index is -0.989. The molecule has 0 aromatic carbocycles. The molecule has 6 atom stereocenters. The van der Waals surface area contributed by atoms with Crippen LogP contribution < -0.4 is 10.6 Å². The average molecular weight is 396 g/mol. The van der Waals surface area contributed by atoms with E-state index >= 15 is 0 Å². The molecule has 3 rings (SSSR count). The first-order valence-corrected chi connectivity index (χ1v) is 10.5. The SMILES string of the molecule is CCCNC(=O)[C@@H]1[C@@H]2CCC3(O2)C(C(=O)NC(C)C)N([C@@H](CC)CO)C(=O)[C@H]13. The summed E-state index contributed by atoms with van der Waals surface area (Å²) in [5.41, 5.74) is -0.989. The number of ether oxygens (including phenoxy) is 1. The van der Waals surface area contributed by atoms with Gasteiger partial charge < -0.3 is 25.4 Å². The molecule has 3 N–H and O–H groups in total. The number of hydrogen-bond acceptors (Lipinski definition) is 5. The Hall–Kier alpha value is -1.67. The number of likely N-dealkylation sites (tertiary alicyclic amines) is 1. The summed E-state index contributed by atoms with van der Waals surface area (Å²) in [6, 6.07) is -1.38. The van der Waals surface area contributed by atoms with E-state index in [1.54, 1.807) is 0 Å². The highest BCUT2D eigenvalue weighted by molar-refractivity contribution is 5.99. The maximum Gasteiger partial charge on any atom is 0.246 e. The highest BCUT2D eigenvalue weighted by Gasteiger charge is 2.74. The molecule has 2 unspecified atom stereocenters. The molecule has 3 saturated heterocycles. The van der Waals surface area contributed by atoms with Crippen molar-refractivity contribution in [3.05, 3.63) is 0 Å². The van der Waals surface area contributed by atoms with Crippen LogP contribution in [0.3, 0.4) is 0 Å². The second-order valence-corrected chi connectivity index (χ2v) is 8.50. The zero-order valence-electron chi connectivity index (χ0n) is 17.2. The summed E-state index contributed by atoms with van der Waals surface area (Å²) in [4.78, 5) is 41.0. The summed E-state index contributed by atoms with van der Waals surface area (Å²) < 4.78 is 6.29. The molecule has 28 heavy (non-hydrogen) atoms. The molecule has 0 radical (unpaired) electrons. The van der Waals surface area contributed by atoms with Crippen molar-refractivity contribution in [1.82, 2.24) is 15.5 Å². The van der Waals surface area contributed by atoms with Crippen LogP contribution >= 0.6 is 0 Å². The molecule has 3 aliphatic heterocycles. The summed E-state index contributed by atoms with van der Waals surface area (Å²) in [7, 11) is 0. The van der Waals surface area contributed by atoms with Gasteiger partial charge in [-0.25, -0.2) is 0 Å². The number of carbonyl (C=O) groups is 3. The van der Waals surface area contributed by atoms with Crippen LogP contribution in [0.15, 0.2) is 0 Å². The van der Waals surface area contributed by atoms with Crippen LogP contribution in [0.2, 0.25) is 0 Å². The summed E-state index contributed by atoms with van der Waals surface area (Å²) in [6.45, 7) is 7.90. The van der Waals surface area contributed by atoms with Crippen molar-refractivity contribution in [3.8, 4) is 0 Å². The standard InChI is InChI=1S/C20H33N3O5/c1-5-9-21-17(25)14-13-7-8-20(28-13)15(14)19(27)23(12(6-2)10-24)16(20)18(26)22-11(3)4/h11-16,24H,5-10H2,1-4H3,(H,21,25)(H,22,26)/t12-,13-,14+,15-,16?,20?/m0/s1. The van der Waals surface area contributed by atoms with Crippen LogP contribution in [0.4, 0.5) is 0 Å². The normalized spacial score (nSPS) is 34.6. The number of rotatable bonds is 8. The number of hydrogen-bond donors (Lipinski definition) is 3. The zero-order chi connectivity index (χ0) is 20.6. The lowest BCUT2D eigenvalue weighted by atomic mass is 9.70. The number of nitrogens with one attached hydrogen (secondary N) is 2. The predicted octanol–water partition coefficient (Wildman–Crippen LogP) is 0.183. The molecule has 3 aliphatic rings. The fourth-order valence-corrected chi connectivity index (χ4v) is 5.23. The van der Waals surface area contributed by atoms with Gasteiger partial charge in [0.2, 0.25) is 17.7 Å².